The van der Waals surface area contributed by atoms with Crippen LogP contribution in [0.4, 0.5) is 14.5 Å². The first-order valence-corrected chi connectivity index (χ1v) is 13.2. The third-order valence-corrected chi connectivity index (χ3v) is 7.76. The number of ether oxygens (including phenoxy) is 1. The Morgan fingerprint density at radius 3 is 2.39 bits per heavy atom. The Labute approximate surface area is 220 Å². The standard InChI is InChI=1S/C29H32F2N2O5/c1-29(30,31)38-20-13-11-19(12-14-20)28(37)33-23-7-3-2-5-21(23)27(22-6-4-8-24(22)33)32(17-18-9-10-18)25(34)15-16-26(35)36/h2-3,5,7,11-14,18,22,24,27H,4,6,8-10,15-17H2,1H3,(H,35,36). The molecule has 5 rings (SSSR count). The lowest BCUT2D eigenvalue weighted by Crippen LogP contribution is -2.52. The van der Waals surface area contributed by atoms with E-state index < -0.39 is 12.1 Å². The van der Waals surface area contributed by atoms with Crippen molar-refractivity contribution >= 4 is 23.5 Å². The van der Waals surface area contributed by atoms with Gasteiger partial charge in [-0.05, 0) is 67.5 Å². The molecule has 9 heteroatoms. The summed E-state index contributed by atoms with van der Waals surface area (Å²) in [6.07, 6.45) is 1.06. The average molecular weight is 527 g/mol. The number of benzene rings is 2. The van der Waals surface area contributed by atoms with Crippen LogP contribution in [0, 0.1) is 11.8 Å². The van der Waals surface area contributed by atoms with E-state index in [4.69, 9.17) is 0 Å². The van der Waals surface area contributed by atoms with Crippen molar-refractivity contribution in [2.45, 2.75) is 70.1 Å². The Hall–Kier alpha value is -3.49. The summed E-state index contributed by atoms with van der Waals surface area (Å²) in [5, 5.41) is 9.17. The molecule has 1 aliphatic heterocycles. The van der Waals surface area contributed by atoms with Gasteiger partial charge in [-0.15, -0.1) is 0 Å². The Bertz CT molecular complexity index is 1210. The van der Waals surface area contributed by atoms with Crippen molar-refractivity contribution in [2.75, 3.05) is 11.4 Å². The quantitative estimate of drug-likeness (QED) is 0.456. The van der Waals surface area contributed by atoms with E-state index in [0.717, 1.165) is 43.4 Å². The predicted octanol–water partition coefficient (Wildman–Crippen LogP) is 5.65. The molecule has 2 fully saturated rings. The number of rotatable bonds is 9. The van der Waals surface area contributed by atoms with E-state index in [1.54, 1.807) is 0 Å². The van der Waals surface area contributed by atoms with Crippen LogP contribution >= 0.6 is 0 Å². The number of alkyl halides is 2. The molecule has 3 aliphatic rings. The molecular formula is C29H32F2N2O5. The van der Waals surface area contributed by atoms with Crippen LogP contribution in [0.25, 0.3) is 0 Å². The summed E-state index contributed by atoms with van der Waals surface area (Å²) in [7, 11) is 0. The number of carbonyl (C=O) groups excluding carboxylic acids is 2. The zero-order valence-electron chi connectivity index (χ0n) is 21.3. The Morgan fingerprint density at radius 2 is 1.74 bits per heavy atom. The molecule has 3 atom stereocenters. The monoisotopic (exact) mass is 526 g/mol. The maximum absolute atomic E-state index is 13.9. The molecule has 0 spiro atoms. The summed E-state index contributed by atoms with van der Waals surface area (Å²) in [6.45, 7) is 1.25. The van der Waals surface area contributed by atoms with Gasteiger partial charge in [0, 0.05) is 43.1 Å². The number of carboxylic acids is 1. The van der Waals surface area contributed by atoms with Crippen LogP contribution < -0.4 is 9.64 Å². The van der Waals surface area contributed by atoms with Gasteiger partial charge in [0.05, 0.1) is 12.5 Å². The Morgan fingerprint density at radius 1 is 1.03 bits per heavy atom. The van der Waals surface area contributed by atoms with Crippen LogP contribution in [0.1, 0.15) is 73.8 Å². The summed E-state index contributed by atoms with van der Waals surface area (Å²) >= 11 is 0. The number of carboxylic acid groups (broad SMARTS) is 1. The fourth-order valence-corrected chi connectivity index (χ4v) is 6.00. The third kappa shape index (κ3) is 5.51. The summed E-state index contributed by atoms with van der Waals surface area (Å²) in [5.41, 5.74) is 1.99. The van der Waals surface area contributed by atoms with Crippen LogP contribution in [-0.2, 0) is 9.59 Å². The number of hydrogen-bond acceptors (Lipinski definition) is 4. The van der Waals surface area contributed by atoms with Crippen LogP contribution in [-0.4, -0.2) is 46.5 Å². The SMILES string of the molecule is CC(F)(F)Oc1ccc(C(=O)N2c3ccccc3C(N(CC3CC3)C(=O)CCC(=O)O)C3CCCC32)cc1. The van der Waals surface area contributed by atoms with Crippen LogP contribution in [0.2, 0.25) is 0 Å². The lowest BCUT2D eigenvalue weighted by Gasteiger charge is -2.47. The average Bonchev–Trinajstić information content (AvgIpc) is 3.57. The van der Waals surface area contributed by atoms with E-state index in [1.165, 1.54) is 24.3 Å². The summed E-state index contributed by atoms with van der Waals surface area (Å²) in [6, 6.07) is 13.0. The molecule has 2 aromatic rings. The zero-order chi connectivity index (χ0) is 27.0. The number of fused-ring (bicyclic) bond motifs is 2. The fourth-order valence-electron chi connectivity index (χ4n) is 6.00. The molecule has 0 radical (unpaired) electrons. The van der Waals surface area contributed by atoms with Crippen molar-refractivity contribution in [1.82, 2.24) is 4.90 Å². The number of carbonyl (C=O) groups is 3. The number of nitrogens with zero attached hydrogens (tertiary/aromatic N) is 2. The smallest absolute Gasteiger partial charge is 0.394 e. The molecule has 2 aliphatic carbocycles. The lowest BCUT2D eigenvalue weighted by molar-refractivity contribution is -0.159. The number of anilines is 1. The number of amides is 2. The topological polar surface area (TPSA) is 87.2 Å². The predicted molar refractivity (Wildman–Crippen MR) is 136 cm³/mol. The van der Waals surface area contributed by atoms with Gasteiger partial charge in [-0.25, -0.2) is 0 Å². The minimum Gasteiger partial charge on any atom is -0.481 e. The van der Waals surface area contributed by atoms with Gasteiger partial charge in [0.15, 0.2) is 0 Å². The maximum Gasteiger partial charge on any atom is 0.394 e. The Kier molecular flexibility index (Phi) is 7.11. The van der Waals surface area contributed by atoms with Crippen molar-refractivity contribution in [3.05, 3.63) is 59.7 Å². The van der Waals surface area contributed by atoms with Crippen LogP contribution in [0.15, 0.2) is 48.5 Å². The van der Waals surface area contributed by atoms with E-state index in [0.29, 0.717) is 24.9 Å². The summed E-state index contributed by atoms with van der Waals surface area (Å²) < 4.78 is 31.1. The van der Waals surface area contributed by atoms with Crippen molar-refractivity contribution in [3.8, 4) is 5.75 Å². The van der Waals surface area contributed by atoms with Crippen molar-refractivity contribution < 1.29 is 33.0 Å². The summed E-state index contributed by atoms with van der Waals surface area (Å²) in [4.78, 5) is 42.2. The van der Waals surface area contributed by atoms with Gasteiger partial charge in [0.25, 0.3) is 5.91 Å². The second-order valence-electron chi connectivity index (χ2n) is 10.7. The molecular weight excluding hydrogens is 494 g/mol. The highest BCUT2D eigenvalue weighted by molar-refractivity contribution is 6.07. The first-order chi connectivity index (χ1) is 18.1. The van der Waals surface area contributed by atoms with E-state index in [2.05, 4.69) is 4.74 Å². The number of aliphatic carboxylic acids is 1. The van der Waals surface area contributed by atoms with Gasteiger partial charge >= 0.3 is 12.1 Å². The van der Waals surface area contributed by atoms with E-state index >= 15 is 0 Å². The second kappa shape index (κ2) is 10.3. The molecule has 0 aromatic heterocycles. The van der Waals surface area contributed by atoms with Gasteiger partial charge in [0.2, 0.25) is 5.91 Å². The normalized spacial score (nSPS) is 22.4. The molecule has 38 heavy (non-hydrogen) atoms. The maximum atomic E-state index is 13.9. The zero-order valence-corrected chi connectivity index (χ0v) is 21.3. The molecule has 2 saturated carbocycles. The largest absolute Gasteiger partial charge is 0.481 e. The van der Waals surface area contributed by atoms with Gasteiger partial charge in [-0.2, -0.15) is 8.78 Å². The molecule has 1 N–H and O–H groups in total. The van der Waals surface area contributed by atoms with Crippen molar-refractivity contribution in [3.63, 3.8) is 0 Å². The minimum absolute atomic E-state index is 0.0165. The highest BCUT2D eigenvalue weighted by atomic mass is 19.3. The molecule has 202 valence electrons. The van der Waals surface area contributed by atoms with Crippen LogP contribution in [0.3, 0.4) is 0 Å². The van der Waals surface area contributed by atoms with Gasteiger partial charge in [-0.1, -0.05) is 24.6 Å². The molecule has 1 heterocycles. The van der Waals surface area contributed by atoms with Gasteiger partial charge < -0.3 is 19.6 Å². The lowest BCUT2D eigenvalue weighted by atomic mass is 9.81. The molecule has 3 unspecified atom stereocenters. The number of hydrogen-bond donors (Lipinski definition) is 1. The van der Waals surface area contributed by atoms with Crippen LogP contribution in [0.5, 0.6) is 5.75 Å². The molecule has 0 bridgehead atoms. The van der Waals surface area contributed by atoms with Gasteiger partial charge in [-0.3, -0.25) is 14.4 Å². The third-order valence-electron chi connectivity index (χ3n) is 7.76. The number of halogens is 2. The molecule has 2 aromatic carbocycles. The Balaban J connectivity index is 1.49. The highest BCUT2D eigenvalue weighted by Crippen LogP contribution is 2.51. The fraction of sp³-hybridized carbons (Fsp3) is 0.483. The first-order valence-electron chi connectivity index (χ1n) is 13.2. The van der Waals surface area contributed by atoms with Crippen molar-refractivity contribution in [2.24, 2.45) is 11.8 Å². The molecule has 2 amide bonds. The van der Waals surface area contributed by atoms with Crippen molar-refractivity contribution in [1.29, 1.82) is 0 Å². The highest BCUT2D eigenvalue weighted by Gasteiger charge is 2.49. The van der Waals surface area contributed by atoms with Gasteiger partial charge in [0.1, 0.15) is 5.75 Å². The first kappa shape index (κ1) is 26.1. The minimum atomic E-state index is -3.32. The van der Waals surface area contributed by atoms with E-state index in [-0.39, 0.29) is 48.4 Å². The number of para-hydroxylation sites is 1. The second-order valence-corrected chi connectivity index (χ2v) is 10.7. The van der Waals surface area contributed by atoms with E-state index in [9.17, 15) is 28.3 Å². The summed E-state index contributed by atoms with van der Waals surface area (Å²) in [5.74, 6) is -0.971. The molecule has 0 saturated heterocycles. The van der Waals surface area contributed by atoms with E-state index in [1.807, 2.05) is 34.1 Å². The molecule has 7 nitrogen and oxygen atoms in total.